The molecule has 0 fully saturated rings. The number of aromatic nitrogens is 1. The Balaban J connectivity index is 2.33. The van der Waals surface area contributed by atoms with Crippen LogP contribution in [0.25, 0.3) is 0 Å². The summed E-state index contributed by atoms with van der Waals surface area (Å²) in [6.45, 7) is 0. The van der Waals surface area contributed by atoms with E-state index in [0.29, 0.717) is 22.8 Å². The Bertz CT molecular complexity index is 644. The fourth-order valence-electron chi connectivity index (χ4n) is 1.50. The molecule has 0 radical (unpaired) electrons. The van der Waals surface area contributed by atoms with Crippen LogP contribution < -0.4 is 9.47 Å². The molecule has 0 amide bonds. The summed E-state index contributed by atoms with van der Waals surface area (Å²) >= 11 is 0. The van der Waals surface area contributed by atoms with E-state index in [2.05, 4.69) is 16.8 Å². The molecule has 0 spiro atoms. The maximum absolute atomic E-state index is 13.4. The molecule has 0 aliphatic heterocycles. The third-order valence-electron chi connectivity index (χ3n) is 2.45. The van der Waals surface area contributed by atoms with Gasteiger partial charge in [0, 0.05) is 17.8 Å². The van der Waals surface area contributed by atoms with Crippen molar-refractivity contribution in [1.29, 1.82) is 0 Å². The smallest absolute Gasteiger partial charge is 0.256 e. The fourth-order valence-corrected chi connectivity index (χ4v) is 1.50. The zero-order valence-electron chi connectivity index (χ0n) is 10.6. The second-order valence-corrected chi connectivity index (χ2v) is 3.67. The van der Waals surface area contributed by atoms with Gasteiger partial charge in [0.1, 0.15) is 5.82 Å². The second-order valence-electron chi connectivity index (χ2n) is 3.67. The molecule has 19 heavy (non-hydrogen) atoms. The number of nitrogens with zero attached hydrogens (tertiary/aromatic N) is 1. The van der Waals surface area contributed by atoms with Crippen molar-refractivity contribution in [2.24, 2.45) is 0 Å². The van der Waals surface area contributed by atoms with Crippen molar-refractivity contribution in [1.82, 2.24) is 4.98 Å². The van der Waals surface area contributed by atoms with Crippen LogP contribution in [0.15, 0.2) is 36.5 Å². The van der Waals surface area contributed by atoms with Crippen LogP contribution in [0.4, 0.5) is 4.39 Å². The minimum absolute atomic E-state index is 0.344. The molecule has 0 unspecified atom stereocenters. The highest BCUT2D eigenvalue weighted by atomic mass is 19.1. The molecule has 0 aliphatic carbocycles. The average Bonchev–Trinajstić information content (AvgIpc) is 2.46. The molecule has 96 valence electrons. The summed E-state index contributed by atoms with van der Waals surface area (Å²) in [5, 5.41) is 0. The van der Waals surface area contributed by atoms with Crippen LogP contribution >= 0.6 is 0 Å². The second kappa shape index (κ2) is 5.87. The molecule has 2 aromatic rings. The van der Waals surface area contributed by atoms with Gasteiger partial charge in [0.2, 0.25) is 0 Å². The Morgan fingerprint density at radius 1 is 1.11 bits per heavy atom. The number of ether oxygens (including phenoxy) is 2. The zero-order valence-corrected chi connectivity index (χ0v) is 10.6. The van der Waals surface area contributed by atoms with Gasteiger partial charge in [-0.25, -0.2) is 9.37 Å². The van der Waals surface area contributed by atoms with E-state index in [9.17, 15) is 4.39 Å². The maximum atomic E-state index is 13.4. The average molecular weight is 257 g/mol. The third kappa shape index (κ3) is 3.02. The van der Waals surface area contributed by atoms with Crippen molar-refractivity contribution in [2.75, 3.05) is 14.2 Å². The van der Waals surface area contributed by atoms with Crippen molar-refractivity contribution in [3.8, 4) is 23.5 Å². The van der Waals surface area contributed by atoms with Crippen LogP contribution in [0, 0.1) is 17.7 Å². The Hall–Kier alpha value is -2.54. The van der Waals surface area contributed by atoms with E-state index in [4.69, 9.17) is 9.47 Å². The first-order chi connectivity index (χ1) is 9.24. The molecule has 0 atom stereocenters. The highest BCUT2D eigenvalue weighted by Crippen LogP contribution is 2.24. The Morgan fingerprint density at radius 3 is 2.58 bits per heavy atom. The molecular formula is C15H12FNO2. The van der Waals surface area contributed by atoms with E-state index in [1.165, 1.54) is 20.3 Å². The highest BCUT2D eigenvalue weighted by molar-refractivity contribution is 5.47. The highest BCUT2D eigenvalue weighted by Gasteiger charge is 2.04. The summed E-state index contributed by atoms with van der Waals surface area (Å²) in [7, 11) is 3.03. The lowest BCUT2D eigenvalue weighted by molar-refractivity contribution is 0.343. The maximum Gasteiger partial charge on any atom is 0.256 e. The van der Waals surface area contributed by atoms with Crippen LogP contribution in [0.2, 0.25) is 0 Å². The van der Waals surface area contributed by atoms with Gasteiger partial charge >= 0.3 is 0 Å². The summed E-state index contributed by atoms with van der Waals surface area (Å²) in [5.41, 5.74) is 0.971. The molecule has 0 bridgehead atoms. The molecule has 4 heteroatoms. The van der Waals surface area contributed by atoms with Crippen molar-refractivity contribution < 1.29 is 13.9 Å². The predicted molar refractivity (Wildman–Crippen MR) is 69.7 cm³/mol. The van der Waals surface area contributed by atoms with Crippen LogP contribution in [0.5, 0.6) is 11.6 Å². The lowest BCUT2D eigenvalue weighted by Crippen LogP contribution is -1.94. The summed E-state index contributed by atoms with van der Waals surface area (Å²) < 4.78 is 23.5. The lowest BCUT2D eigenvalue weighted by Gasteiger charge is -2.05. The van der Waals surface area contributed by atoms with Gasteiger partial charge in [-0.05, 0) is 12.1 Å². The summed E-state index contributed by atoms with van der Waals surface area (Å²) in [6, 6.07) is 8.05. The molecule has 1 heterocycles. The van der Waals surface area contributed by atoms with Crippen LogP contribution in [0.1, 0.15) is 11.1 Å². The molecule has 0 saturated carbocycles. The minimum atomic E-state index is -0.344. The van der Waals surface area contributed by atoms with Gasteiger partial charge in [0.05, 0.1) is 19.8 Å². The van der Waals surface area contributed by atoms with Crippen molar-refractivity contribution >= 4 is 0 Å². The van der Waals surface area contributed by atoms with E-state index in [0.717, 1.165) is 0 Å². The molecule has 0 N–H and O–H groups in total. The van der Waals surface area contributed by atoms with Crippen LogP contribution in [-0.4, -0.2) is 19.2 Å². The Labute approximate surface area is 111 Å². The first kappa shape index (κ1) is 12.9. The van der Waals surface area contributed by atoms with Crippen molar-refractivity contribution in [3.63, 3.8) is 0 Å². The Morgan fingerprint density at radius 2 is 1.89 bits per heavy atom. The van der Waals surface area contributed by atoms with Gasteiger partial charge in [-0.3, -0.25) is 0 Å². The Kier molecular flexibility index (Phi) is 3.99. The van der Waals surface area contributed by atoms with Gasteiger partial charge in [-0.1, -0.05) is 24.0 Å². The van der Waals surface area contributed by atoms with E-state index in [-0.39, 0.29) is 5.82 Å². The van der Waals surface area contributed by atoms with Crippen LogP contribution in [0.3, 0.4) is 0 Å². The number of rotatable bonds is 2. The molecule has 0 aliphatic rings. The normalized spacial score (nSPS) is 9.42. The lowest BCUT2D eigenvalue weighted by atomic mass is 10.2. The zero-order chi connectivity index (χ0) is 13.7. The third-order valence-corrected chi connectivity index (χ3v) is 2.45. The quantitative estimate of drug-likeness (QED) is 0.775. The van der Waals surface area contributed by atoms with Crippen molar-refractivity contribution in [3.05, 3.63) is 53.5 Å². The molecule has 1 aromatic carbocycles. The minimum Gasteiger partial charge on any atom is -0.491 e. The van der Waals surface area contributed by atoms with E-state index >= 15 is 0 Å². The van der Waals surface area contributed by atoms with E-state index < -0.39 is 0 Å². The van der Waals surface area contributed by atoms with Gasteiger partial charge in [-0.2, -0.15) is 0 Å². The largest absolute Gasteiger partial charge is 0.491 e. The SMILES string of the molecule is COc1cc(C#Cc2ccccc2F)cnc1OC. The molecule has 3 nitrogen and oxygen atoms in total. The van der Waals surface area contributed by atoms with Gasteiger partial charge in [0.15, 0.2) is 5.75 Å². The first-order valence-corrected chi connectivity index (χ1v) is 5.59. The molecule has 0 saturated heterocycles. The van der Waals surface area contributed by atoms with Crippen molar-refractivity contribution in [2.45, 2.75) is 0 Å². The topological polar surface area (TPSA) is 31.4 Å². The standard InChI is InChI=1S/C15H12FNO2/c1-18-14-9-11(10-17-15(14)19-2)7-8-12-5-3-4-6-13(12)16/h3-6,9-10H,1-2H3. The first-order valence-electron chi connectivity index (χ1n) is 5.59. The molecular weight excluding hydrogens is 245 g/mol. The van der Waals surface area contributed by atoms with E-state index in [1.807, 2.05) is 0 Å². The van der Waals surface area contributed by atoms with Gasteiger partial charge in [0.25, 0.3) is 5.88 Å². The number of benzene rings is 1. The molecule has 2 rings (SSSR count). The fraction of sp³-hybridized carbons (Fsp3) is 0.133. The number of halogens is 1. The monoisotopic (exact) mass is 257 g/mol. The van der Waals surface area contributed by atoms with Crippen LogP contribution in [-0.2, 0) is 0 Å². The number of hydrogen-bond acceptors (Lipinski definition) is 3. The van der Waals surface area contributed by atoms with E-state index in [1.54, 1.807) is 30.5 Å². The summed E-state index contributed by atoms with van der Waals surface area (Å²) in [4.78, 5) is 4.06. The summed E-state index contributed by atoms with van der Waals surface area (Å²) in [6.07, 6.45) is 1.55. The van der Waals surface area contributed by atoms with Gasteiger partial charge < -0.3 is 9.47 Å². The summed E-state index contributed by atoms with van der Waals surface area (Å²) in [5.74, 6) is 6.13. The number of hydrogen-bond donors (Lipinski definition) is 0. The molecule has 1 aromatic heterocycles. The van der Waals surface area contributed by atoms with Gasteiger partial charge in [-0.15, -0.1) is 0 Å². The number of methoxy groups -OCH3 is 2. The number of pyridine rings is 1. The predicted octanol–water partition coefficient (Wildman–Crippen LogP) is 2.64.